The average molecular weight is 261 g/mol. The fraction of sp³-hybridized carbons (Fsp3) is 0.286. The number of pyridine rings is 1. The van der Waals surface area contributed by atoms with Gasteiger partial charge in [-0.2, -0.15) is 0 Å². The van der Waals surface area contributed by atoms with Gasteiger partial charge in [0.15, 0.2) is 6.61 Å². The Morgan fingerprint density at radius 2 is 2.11 bits per heavy atom. The molecule has 0 bridgehead atoms. The maximum Gasteiger partial charge on any atom is 0.341 e. The SMILES string of the molecule is CCOc1cccc2c(OCC(=O)O)cc(C)nc12. The van der Waals surface area contributed by atoms with E-state index in [4.69, 9.17) is 14.6 Å². The summed E-state index contributed by atoms with van der Waals surface area (Å²) in [5.41, 5.74) is 1.43. The number of aryl methyl sites for hydroxylation is 1. The van der Waals surface area contributed by atoms with E-state index in [0.717, 1.165) is 11.1 Å². The molecule has 0 spiro atoms. The molecule has 0 saturated carbocycles. The van der Waals surface area contributed by atoms with Crippen LogP contribution in [0.5, 0.6) is 11.5 Å². The highest BCUT2D eigenvalue weighted by Gasteiger charge is 2.10. The number of rotatable bonds is 5. The molecule has 0 atom stereocenters. The van der Waals surface area contributed by atoms with Gasteiger partial charge in [0.1, 0.15) is 17.0 Å². The van der Waals surface area contributed by atoms with Crippen molar-refractivity contribution in [2.75, 3.05) is 13.2 Å². The van der Waals surface area contributed by atoms with Crippen LogP contribution in [0.1, 0.15) is 12.6 Å². The fourth-order valence-corrected chi connectivity index (χ4v) is 1.84. The van der Waals surface area contributed by atoms with Crippen LogP contribution in [0.25, 0.3) is 10.9 Å². The number of carboxylic acids is 1. The Hall–Kier alpha value is -2.30. The molecule has 0 amide bonds. The number of carbonyl (C=O) groups is 1. The van der Waals surface area contributed by atoms with Gasteiger partial charge in [0, 0.05) is 17.1 Å². The Labute approximate surface area is 110 Å². The topological polar surface area (TPSA) is 68.7 Å². The minimum atomic E-state index is -1.01. The van der Waals surface area contributed by atoms with Gasteiger partial charge < -0.3 is 14.6 Å². The first-order valence-electron chi connectivity index (χ1n) is 5.99. The predicted molar refractivity (Wildman–Crippen MR) is 70.8 cm³/mol. The van der Waals surface area contributed by atoms with Gasteiger partial charge in [-0.1, -0.05) is 6.07 Å². The molecule has 0 aliphatic rings. The van der Waals surface area contributed by atoms with Gasteiger partial charge >= 0.3 is 5.97 Å². The molecule has 0 saturated heterocycles. The summed E-state index contributed by atoms with van der Waals surface area (Å²) >= 11 is 0. The molecule has 0 aliphatic heterocycles. The number of carboxylic acid groups (broad SMARTS) is 1. The minimum Gasteiger partial charge on any atom is -0.492 e. The van der Waals surface area contributed by atoms with Crippen LogP contribution in [-0.2, 0) is 4.79 Å². The third-order valence-electron chi connectivity index (χ3n) is 2.54. The molecule has 19 heavy (non-hydrogen) atoms. The summed E-state index contributed by atoms with van der Waals surface area (Å²) in [6.45, 7) is 3.89. The highest BCUT2D eigenvalue weighted by Crippen LogP contribution is 2.31. The fourth-order valence-electron chi connectivity index (χ4n) is 1.84. The molecule has 2 aromatic rings. The number of fused-ring (bicyclic) bond motifs is 1. The number of nitrogens with zero attached hydrogens (tertiary/aromatic N) is 1. The lowest BCUT2D eigenvalue weighted by Crippen LogP contribution is -2.10. The van der Waals surface area contributed by atoms with E-state index >= 15 is 0 Å². The maximum atomic E-state index is 10.6. The van der Waals surface area contributed by atoms with Gasteiger partial charge in [-0.05, 0) is 26.0 Å². The van der Waals surface area contributed by atoms with E-state index in [1.54, 1.807) is 6.07 Å². The molecule has 0 fully saturated rings. The molecule has 1 aromatic heterocycles. The van der Waals surface area contributed by atoms with Gasteiger partial charge in [0.2, 0.25) is 0 Å². The van der Waals surface area contributed by atoms with E-state index < -0.39 is 5.97 Å². The molecule has 1 heterocycles. The number of ether oxygens (including phenoxy) is 2. The normalized spacial score (nSPS) is 10.4. The highest BCUT2D eigenvalue weighted by atomic mass is 16.5. The zero-order valence-corrected chi connectivity index (χ0v) is 10.8. The lowest BCUT2D eigenvalue weighted by atomic mass is 10.1. The van der Waals surface area contributed by atoms with Crippen LogP contribution in [0.2, 0.25) is 0 Å². The zero-order chi connectivity index (χ0) is 13.8. The Balaban J connectivity index is 2.51. The number of hydrogen-bond donors (Lipinski definition) is 1. The molecule has 100 valence electrons. The molecule has 1 aromatic carbocycles. The maximum absolute atomic E-state index is 10.6. The molecule has 1 N–H and O–H groups in total. The number of benzene rings is 1. The van der Waals surface area contributed by atoms with Gasteiger partial charge in [-0.3, -0.25) is 0 Å². The number of hydrogen-bond acceptors (Lipinski definition) is 4. The Morgan fingerprint density at radius 3 is 2.79 bits per heavy atom. The number of aliphatic carboxylic acids is 1. The van der Waals surface area contributed by atoms with Crippen molar-refractivity contribution >= 4 is 16.9 Å². The second kappa shape index (κ2) is 5.56. The number of aromatic nitrogens is 1. The van der Waals surface area contributed by atoms with Crippen molar-refractivity contribution in [3.05, 3.63) is 30.0 Å². The summed E-state index contributed by atoms with van der Waals surface area (Å²) in [5.74, 6) is 0.166. The van der Waals surface area contributed by atoms with E-state index in [1.165, 1.54) is 0 Å². The van der Waals surface area contributed by atoms with Crippen LogP contribution in [-0.4, -0.2) is 29.3 Å². The van der Waals surface area contributed by atoms with Crippen LogP contribution in [0.3, 0.4) is 0 Å². The summed E-state index contributed by atoms with van der Waals surface area (Å²) < 4.78 is 10.8. The van der Waals surface area contributed by atoms with Gasteiger partial charge in [-0.25, -0.2) is 9.78 Å². The van der Waals surface area contributed by atoms with Crippen molar-refractivity contribution in [1.29, 1.82) is 0 Å². The second-order valence-electron chi connectivity index (χ2n) is 4.03. The molecule has 2 rings (SSSR count). The molecule has 0 radical (unpaired) electrons. The summed E-state index contributed by atoms with van der Waals surface area (Å²) in [5, 5.41) is 9.44. The first kappa shape index (κ1) is 13.1. The van der Waals surface area contributed by atoms with Crippen molar-refractivity contribution in [2.45, 2.75) is 13.8 Å². The van der Waals surface area contributed by atoms with E-state index in [9.17, 15) is 4.79 Å². The van der Waals surface area contributed by atoms with Crippen molar-refractivity contribution in [3.8, 4) is 11.5 Å². The van der Waals surface area contributed by atoms with Crippen molar-refractivity contribution in [3.63, 3.8) is 0 Å². The van der Waals surface area contributed by atoms with Crippen LogP contribution in [0, 0.1) is 6.92 Å². The average Bonchev–Trinajstić information content (AvgIpc) is 2.37. The first-order valence-corrected chi connectivity index (χ1v) is 5.99. The van der Waals surface area contributed by atoms with E-state index in [2.05, 4.69) is 4.98 Å². The second-order valence-corrected chi connectivity index (χ2v) is 4.03. The Bertz CT molecular complexity index is 610. The summed E-state index contributed by atoms with van der Waals surface area (Å²) in [4.78, 5) is 15.0. The quantitative estimate of drug-likeness (QED) is 0.895. The van der Waals surface area contributed by atoms with Gasteiger partial charge in [0.25, 0.3) is 0 Å². The summed E-state index contributed by atoms with van der Waals surface area (Å²) in [6, 6.07) is 7.22. The lowest BCUT2D eigenvalue weighted by molar-refractivity contribution is -0.139. The molecule has 0 aliphatic carbocycles. The molecular weight excluding hydrogens is 246 g/mol. The van der Waals surface area contributed by atoms with E-state index in [-0.39, 0.29) is 6.61 Å². The Morgan fingerprint density at radius 1 is 1.32 bits per heavy atom. The van der Waals surface area contributed by atoms with Crippen LogP contribution in [0.4, 0.5) is 0 Å². The van der Waals surface area contributed by atoms with Gasteiger partial charge in [0.05, 0.1) is 6.61 Å². The number of para-hydroxylation sites is 1. The molecule has 0 unspecified atom stereocenters. The smallest absolute Gasteiger partial charge is 0.341 e. The molecular formula is C14H15NO4. The van der Waals surface area contributed by atoms with Crippen LogP contribution < -0.4 is 9.47 Å². The van der Waals surface area contributed by atoms with E-state index in [1.807, 2.05) is 32.0 Å². The van der Waals surface area contributed by atoms with Crippen LogP contribution in [0.15, 0.2) is 24.3 Å². The van der Waals surface area contributed by atoms with Crippen molar-refractivity contribution in [1.82, 2.24) is 4.98 Å². The van der Waals surface area contributed by atoms with Crippen molar-refractivity contribution < 1.29 is 19.4 Å². The van der Waals surface area contributed by atoms with E-state index in [0.29, 0.717) is 23.6 Å². The third kappa shape index (κ3) is 2.93. The monoisotopic (exact) mass is 261 g/mol. The highest BCUT2D eigenvalue weighted by molar-refractivity contribution is 5.90. The lowest BCUT2D eigenvalue weighted by Gasteiger charge is -2.11. The largest absolute Gasteiger partial charge is 0.492 e. The zero-order valence-electron chi connectivity index (χ0n) is 10.8. The molecule has 5 heteroatoms. The first-order chi connectivity index (χ1) is 9.11. The molecule has 5 nitrogen and oxygen atoms in total. The predicted octanol–water partition coefficient (Wildman–Crippen LogP) is 2.41. The minimum absolute atomic E-state index is 0.378. The van der Waals surface area contributed by atoms with Gasteiger partial charge in [-0.15, -0.1) is 0 Å². The third-order valence-corrected chi connectivity index (χ3v) is 2.54. The standard InChI is InChI=1S/C14H15NO4/c1-3-18-11-6-4-5-10-12(19-8-13(16)17)7-9(2)15-14(10)11/h4-7H,3,8H2,1-2H3,(H,16,17). The van der Waals surface area contributed by atoms with Crippen molar-refractivity contribution in [2.24, 2.45) is 0 Å². The summed E-state index contributed by atoms with van der Waals surface area (Å²) in [7, 11) is 0. The Kier molecular flexibility index (Phi) is 3.85. The van der Waals surface area contributed by atoms with Crippen LogP contribution >= 0.6 is 0 Å². The summed E-state index contributed by atoms with van der Waals surface area (Å²) in [6.07, 6.45) is 0.